The zero-order valence-corrected chi connectivity index (χ0v) is 15.8. The SMILES string of the molecule is Cc1cc2ncnn2cc1Nc1ncc2c(C)nn([C@H]3CC[C@H](F)CC3)c2n1. The first-order valence-electron chi connectivity index (χ1n) is 9.51. The van der Waals surface area contributed by atoms with Crippen molar-refractivity contribution in [3.63, 3.8) is 0 Å². The summed E-state index contributed by atoms with van der Waals surface area (Å²) in [6.07, 6.45) is 7.23. The average Bonchev–Trinajstić information content (AvgIpc) is 3.27. The van der Waals surface area contributed by atoms with Crippen molar-refractivity contribution in [2.24, 2.45) is 0 Å². The summed E-state index contributed by atoms with van der Waals surface area (Å²) >= 11 is 0. The first-order chi connectivity index (χ1) is 13.6. The Morgan fingerprint density at radius 1 is 1.14 bits per heavy atom. The predicted molar refractivity (Wildman–Crippen MR) is 103 cm³/mol. The molecule has 4 aromatic heterocycles. The molecule has 0 spiro atoms. The fraction of sp³-hybridized carbons (Fsp3) is 0.421. The summed E-state index contributed by atoms with van der Waals surface area (Å²) in [6.45, 7) is 3.96. The van der Waals surface area contributed by atoms with Crippen molar-refractivity contribution in [3.8, 4) is 0 Å². The van der Waals surface area contributed by atoms with E-state index in [9.17, 15) is 4.39 Å². The van der Waals surface area contributed by atoms with Crippen LogP contribution < -0.4 is 5.32 Å². The molecule has 1 saturated carbocycles. The highest BCUT2D eigenvalue weighted by Crippen LogP contribution is 2.32. The molecule has 1 fully saturated rings. The molecule has 0 amide bonds. The van der Waals surface area contributed by atoms with Crippen LogP contribution in [0.5, 0.6) is 0 Å². The Kier molecular flexibility index (Phi) is 3.96. The number of nitrogens with zero attached hydrogens (tertiary/aromatic N) is 7. The van der Waals surface area contributed by atoms with Crippen molar-refractivity contribution in [2.45, 2.75) is 51.7 Å². The second-order valence-corrected chi connectivity index (χ2v) is 7.42. The number of aromatic nitrogens is 7. The molecule has 0 unspecified atom stereocenters. The van der Waals surface area contributed by atoms with E-state index in [0.29, 0.717) is 18.8 Å². The number of hydrogen-bond donors (Lipinski definition) is 1. The highest BCUT2D eigenvalue weighted by molar-refractivity contribution is 5.79. The van der Waals surface area contributed by atoms with Gasteiger partial charge in [0.05, 0.1) is 29.0 Å². The van der Waals surface area contributed by atoms with Crippen molar-refractivity contribution in [1.82, 2.24) is 34.3 Å². The molecule has 1 aliphatic rings. The van der Waals surface area contributed by atoms with Crippen LogP contribution in [0.4, 0.5) is 16.0 Å². The summed E-state index contributed by atoms with van der Waals surface area (Å²) in [6, 6.07) is 2.14. The van der Waals surface area contributed by atoms with Crippen LogP contribution in [-0.2, 0) is 0 Å². The van der Waals surface area contributed by atoms with Crippen LogP contribution in [0.15, 0.2) is 24.8 Å². The lowest BCUT2D eigenvalue weighted by Gasteiger charge is -2.24. The Balaban J connectivity index is 1.51. The molecule has 0 saturated heterocycles. The number of nitrogens with one attached hydrogen (secondary N) is 1. The maximum Gasteiger partial charge on any atom is 0.229 e. The van der Waals surface area contributed by atoms with Crippen LogP contribution in [-0.4, -0.2) is 40.5 Å². The van der Waals surface area contributed by atoms with Crippen molar-refractivity contribution < 1.29 is 4.39 Å². The largest absolute Gasteiger partial charge is 0.323 e. The van der Waals surface area contributed by atoms with Crippen LogP contribution in [0.2, 0.25) is 0 Å². The first kappa shape index (κ1) is 17.0. The van der Waals surface area contributed by atoms with Crippen molar-refractivity contribution >= 4 is 28.3 Å². The molecule has 144 valence electrons. The van der Waals surface area contributed by atoms with E-state index in [1.165, 1.54) is 6.33 Å². The lowest BCUT2D eigenvalue weighted by molar-refractivity contribution is 0.203. The van der Waals surface area contributed by atoms with Crippen LogP contribution >= 0.6 is 0 Å². The van der Waals surface area contributed by atoms with Gasteiger partial charge in [0.25, 0.3) is 0 Å². The van der Waals surface area contributed by atoms with E-state index in [1.54, 1.807) is 10.7 Å². The van der Waals surface area contributed by atoms with Gasteiger partial charge in [0.1, 0.15) is 12.5 Å². The Labute approximate surface area is 160 Å². The number of aryl methyl sites for hydroxylation is 2. The fourth-order valence-electron chi connectivity index (χ4n) is 3.87. The minimum atomic E-state index is -0.694. The number of alkyl halides is 1. The van der Waals surface area contributed by atoms with Gasteiger partial charge < -0.3 is 5.32 Å². The molecular formula is C19H21FN8. The molecule has 1 N–H and O–H groups in total. The quantitative estimate of drug-likeness (QED) is 0.583. The van der Waals surface area contributed by atoms with Crippen molar-refractivity contribution in [1.29, 1.82) is 0 Å². The number of halogens is 1. The van der Waals surface area contributed by atoms with Gasteiger partial charge in [-0.3, -0.25) is 0 Å². The zero-order chi connectivity index (χ0) is 19.3. The molecule has 1 aliphatic carbocycles. The van der Waals surface area contributed by atoms with Gasteiger partial charge in [0.15, 0.2) is 11.3 Å². The lowest BCUT2D eigenvalue weighted by Crippen LogP contribution is -2.20. The average molecular weight is 380 g/mol. The molecule has 4 aromatic rings. The second-order valence-electron chi connectivity index (χ2n) is 7.42. The molecule has 0 bridgehead atoms. The normalized spacial score (nSPS) is 20.1. The van der Waals surface area contributed by atoms with Gasteiger partial charge >= 0.3 is 0 Å². The van der Waals surface area contributed by atoms with E-state index >= 15 is 0 Å². The molecule has 0 radical (unpaired) electrons. The summed E-state index contributed by atoms with van der Waals surface area (Å²) in [7, 11) is 0. The fourth-order valence-corrected chi connectivity index (χ4v) is 3.87. The highest BCUT2D eigenvalue weighted by atomic mass is 19.1. The Morgan fingerprint density at radius 2 is 1.96 bits per heavy atom. The monoisotopic (exact) mass is 380 g/mol. The molecule has 8 nitrogen and oxygen atoms in total. The van der Waals surface area contributed by atoms with E-state index in [2.05, 4.69) is 25.5 Å². The van der Waals surface area contributed by atoms with E-state index in [0.717, 1.165) is 46.5 Å². The number of fused-ring (bicyclic) bond motifs is 2. The molecule has 5 rings (SSSR count). The zero-order valence-electron chi connectivity index (χ0n) is 15.8. The number of anilines is 2. The van der Waals surface area contributed by atoms with Gasteiger partial charge in [-0.05, 0) is 51.2 Å². The van der Waals surface area contributed by atoms with E-state index in [-0.39, 0.29) is 6.04 Å². The Morgan fingerprint density at radius 3 is 2.79 bits per heavy atom. The molecule has 28 heavy (non-hydrogen) atoms. The molecule has 4 heterocycles. The molecule has 0 aliphatic heterocycles. The van der Waals surface area contributed by atoms with Gasteiger partial charge in [-0.2, -0.15) is 15.2 Å². The van der Waals surface area contributed by atoms with Gasteiger partial charge in [-0.15, -0.1) is 0 Å². The Hall–Kier alpha value is -3.10. The number of rotatable bonds is 3. The highest BCUT2D eigenvalue weighted by Gasteiger charge is 2.25. The molecule has 0 aromatic carbocycles. The van der Waals surface area contributed by atoms with Gasteiger partial charge in [-0.25, -0.2) is 23.6 Å². The number of hydrogen-bond acceptors (Lipinski definition) is 6. The third-order valence-corrected chi connectivity index (χ3v) is 5.47. The number of pyridine rings is 1. The topological polar surface area (TPSA) is 85.8 Å². The van der Waals surface area contributed by atoms with Crippen LogP contribution in [0.25, 0.3) is 16.7 Å². The summed E-state index contributed by atoms with van der Waals surface area (Å²) in [5, 5.41) is 13.1. The van der Waals surface area contributed by atoms with Gasteiger partial charge in [-0.1, -0.05) is 0 Å². The lowest BCUT2D eigenvalue weighted by atomic mass is 9.94. The maximum absolute atomic E-state index is 13.5. The second kappa shape index (κ2) is 6.50. The third kappa shape index (κ3) is 2.87. The molecular weight excluding hydrogens is 359 g/mol. The van der Waals surface area contributed by atoms with Crippen LogP contribution in [0.1, 0.15) is 43.0 Å². The van der Waals surface area contributed by atoms with Gasteiger partial charge in [0.2, 0.25) is 5.95 Å². The third-order valence-electron chi connectivity index (χ3n) is 5.47. The van der Waals surface area contributed by atoms with Crippen LogP contribution in [0.3, 0.4) is 0 Å². The van der Waals surface area contributed by atoms with Crippen LogP contribution in [0, 0.1) is 13.8 Å². The Bertz CT molecular complexity index is 1160. The predicted octanol–water partition coefficient (Wildman–Crippen LogP) is 3.68. The minimum Gasteiger partial charge on any atom is -0.323 e. The summed E-state index contributed by atoms with van der Waals surface area (Å²) in [5.74, 6) is 0.496. The maximum atomic E-state index is 13.5. The summed E-state index contributed by atoms with van der Waals surface area (Å²) in [5.41, 5.74) is 4.35. The van der Waals surface area contributed by atoms with E-state index < -0.39 is 6.17 Å². The molecule has 9 heteroatoms. The first-order valence-corrected chi connectivity index (χ1v) is 9.51. The minimum absolute atomic E-state index is 0.180. The molecule has 0 atom stereocenters. The van der Waals surface area contributed by atoms with Crippen molar-refractivity contribution in [2.75, 3.05) is 5.32 Å². The smallest absolute Gasteiger partial charge is 0.229 e. The van der Waals surface area contributed by atoms with Gasteiger partial charge in [0, 0.05) is 6.20 Å². The van der Waals surface area contributed by atoms with E-state index in [1.807, 2.05) is 30.8 Å². The standard InChI is InChI=1S/C19H21FN8/c1-11-7-17-22-10-23-27(17)9-16(11)24-19-21-8-15-12(2)26-28(18(15)25-19)14-5-3-13(20)4-6-14/h7-10,13-14H,3-6H2,1-2H3,(H,21,24,25)/t13-,14-. The van der Waals surface area contributed by atoms with E-state index in [4.69, 9.17) is 4.98 Å². The van der Waals surface area contributed by atoms with Crippen molar-refractivity contribution in [3.05, 3.63) is 36.0 Å². The summed E-state index contributed by atoms with van der Waals surface area (Å²) < 4.78 is 17.2. The summed E-state index contributed by atoms with van der Waals surface area (Å²) in [4.78, 5) is 13.4.